The van der Waals surface area contributed by atoms with Crippen LogP contribution in [-0.4, -0.2) is 65.9 Å². The fourth-order valence-corrected chi connectivity index (χ4v) is 8.40. The lowest BCUT2D eigenvalue weighted by Crippen LogP contribution is -2.43. The number of benzene rings is 2. The molecule has 6 rings (SSSR count). The molecule has 3 aliphatic heterocycles. The summed E-state index contributed by atoms with van der Waals surface area (Å²) in [7, 11) is 1.46. The fourth-order valence-electron chi connectivity index (χ4n) is 5.64. The second kappa shape index (κ2) is 10.9. The molecule has 0 spiro atoms. The number of morpholine rings is 1. The first-order chi connectivity index (χ1) is 20.1. The third-order valence-electron chi connectivity index (χ3n) is 7.61. The number of hydrogen-bond donors (Lipinski definition) is 0. The molecule has 2 fully saturated rings. The third kappa shape index (κ3) is 4.80. The maximum Gasteiger partial charge on any atom is 0.416 e. The maximum absolute atomic E-state index is 14.0. The van der Waals surface area contributed by atoms with Crippen molar-refractivity contribution in [1.29, 1.82) is 0 Å². The van der Waals surface area contributed by atoms with E-state index >= 15 is 0 Å². The molecule has 9 nitrogen and oxygen atoms in total. The first kappa shape index (κ1) is 28.5. The van der Waals surface area contributed by atoms with E-state index in [1.807, 2.05) is 0 Å². The molecular formula is C28H24F3N3O6S2. The van der Waals surface area contributed by atoms with Gasteiger partial charge in [0.05, 0.1) is 42.5 Å². The number of para-hydroxylation sites is 1. The summed E-state index contributed by atoms with van der Waals surface area (Å²) < 4.78 is 52.7. The van der Waals surface area contributed by atoms with Gasteiger partial charge >= 0.3 is 11.0 Å². The smallest absolute Gasteiger partial charge is 0.416 e. The van der Waals surface area contributed by atoms with Crippen LogP contribution in [0.4, 0.5) is 18.9 Å². The Labute approximate surface area is 245 Å². The zero-order valence-corrected chi connectivity index (χ0v) is 23.8. The molecule has 0 saturated carbocycles. The molecule has 0 bridgehead atoms. The molecule has 42 heavy (non-hydrogen) atoms. The van der Waals surface area contributed by atoms with E-state index in [0.29, 0.717) is 47.5 Å². The van der Waals surface area contributed by atoms with Crippen LogP contribution in [0, 0.1) is 5.92 Å². The van der Waals surface area contributed by atoms with Gasteiger partial charge in [-0.15, -0.1) is 0 Å². The number of aromatic nitrogens is 1. The average Bonchev–Trinajstić information content (AvgIpc) is 3.43. The van der Waals surface area contributed by atoms with Crippen LogP contribution >= 0.6 is 23.1 Å². The van der Waals surface area contributed by atoms with Crippen LogP contribution in [0.15, 0.2) is 58.4 Å². The van der Waals surface area contributed by atoms with Gasteiger partial charge in [0, 0.05) is 29.4 Å². The van der Waals surface area contributed by atoms with E-state index in [-0.39, 0.29) is 18.1 Å². The SMILES string of the molecule is COc1ccccc1[C@H]1c2sc(=O)n(CC(=O)N3CCOCC3)c2SC2C(=O)N(c3cccc(C(F)(F)F)c3)C(=O)C21. The van der Waals surface area contributed by atoms with Crippen LogP contribution in [0.3, 0.4) is 0 Å². The Hall–Kier alpha value is -3.62. The van der Waals surface area contributed by atoms with Crippen molar-refractivity contribution in [2.75, 3.05) is 38.3 Å². The van der Waals surface area contributed by atoms with Crippen LogP contribution in [0.1, 0.15) is 21.9 Å². The number of methoxy groups -OCH3 is 1. The standard InChI is InChI=1S/C28H24F3N3O6S2/c1-39-18-8-3-2-7-17(18)20-21-22(25(37)34(24(21)36)16-6-4-5-15(13-16)28(29,30)31)41-26-23(20)42-27(38)33(26)14-19(35)32-9-11-40-12-10-32/h2-8,13,20-22H,9-12,14H2,1H3/t20-,21?,22?/m1/s1. The number of amides is 3. The summed E-state index contributed by atoms with van der Waals surface area (Å²) in [5.74, 6) is -3.06. The van der Waals surface area contributed by atoms with E-state index in [9.17, 15) is 32.3 Å². The van der Waals surface area contributed by atoms with Gasteiger partial charge < -0.3 is 14.4 Å². The molecule has 2 saturated heterocycles. The third-order valence-corrected chi connectivity index (χ3v) is 10.2. The van der Waals surface area contributed by atoms with Gasteiger partial charge in [0.25, 0.3) is 0 Å². The highest BCUT2D eigenvalue weighted by atomic mass is 32.2. The molecule has 3 atom stereocenters. The number of thiazole rings is 1. The highest BCUT2D eigenvalue weighted by Crippen LogP contribution is 2.55. The van der Waals surface area contributed by atoms with Gasteiger partial charge in [-0.3, -0.25) is 23.7 Å². The van der Waals surface area contributed by atoms with Gasteiger partial charge in [-0.25, -0.2) is 4.90 Å². The Morgan fingerprint density at radius 3 is 2.50 bits per heavy atom. The van der Waals surface area contributed by atoms with Crippen LogP contribution < -0.4 is 14.5 Å². The van der Waals surface area contributed by atoms with E-state index in [0.717, 1.165) is 46.2 Å². The molecule has 0 N–H and O–H groups in total. The van der Waals surface area contributed by atoms with E-state index in [1.54, 1.807) is 29.2 Å². The van der Waals surface area contributed by atoms with Crippen LogP contribution in [0.2, 0.25) is 0 Å². The number of ether oxygens (including phenoxy) is 2. The van der Waals surface area contributed by atoms with Crippen molar-refractivity contribution in [2.24, 2.45) is 5.92 Å². The number of fused-ring (bicyclic) bond motifs is 2. The van der Waals surface area contributed by atoms with Gasteiger partial charge in [0.15, 0.2) is 0 Å². The molecular weight excluding hydrogens is 595 g/mol. The Balaban J connectivity index is 1.45. The Bertz CT molecular complexity index is 1630. The van der Waals surface area contributed by atoms with Crippen LogP contribution in [0.5, 0.6) is 5.75 Å². The molecule has 1 aromatic heterocycles. The molecule has 3 aromatic rings. The van der Waals surface area contributed by atoms with E-state index in [4.69, 9.17) is 9.47 Å². The highest BCUT2D eigenvalue weighted by molar-refractivity contribution is 8.00. The summed E-state index contributed by atoms with van der Waals surface area (Å²) >= 11 is 1.89. The Morgan fingerprint density at radius 2 is 1.79 bits per heavy atom. The first-order valence-electron chi connectivity index (χ1n) is 13.0. The Morgan fingerprint density at radius 1 is 1.05 bits per heavy atom. The summed E-state index contributed by atoms with van der Waals surface area (Å²) in [5, 5.41) is -0.663. The predicted molar refractivity (Wildman–Crippen MR) is 148 cm³/mol. The van der Waals surface area contributed by atoms with Crippen molar-refractivity contribution in [3.63, 3.8) is 0 Å². The number of rotatable bonds is 5. The number of anilines is 1. The number of hydrogen-bond acceptors (Lipinski definition) is 8. The summed E-state index contributed by atoms with van der Waals surface area (Å²) in [4.78, 5) is 56.8. The fraction of sp³-hybridized carbons (Fsp3) is 0.357. The van der Waals surface area contributed by atoms with E-state index < -0.39 is 45.5 Å². The number of imide groups is 1. The molecule has 0 aliphatic carbocycles. The summed E-state index contributed by atoms with van der Waals surface area (Å²) in [5.41, 5.74) is -0.618. The number of carbonyl (C=O) groups excluding carboxylic acids is 3. The lowest BCUT2D eigenvalue weighted by Gasteiger charge is -2.32. The summed E-state index contributed by atoms with van der Waals surface area (Å²) in [6, 6.07) is 11.0. The molecule has 2 unspecified atom stereocenters. The quantitative estimate of drug-likeness (QED) is 0.403. The molecule has 220 valence electrons. The molecule has 3 aliphatic rings. The zero-order chi connectivity index (χ0) is 29.8. The summed E-state index contributed by atoms with van der Waals surface area (Å²) in [6.07, 6.45) is -4.67. The molecule has 4 heterocycles. The normalized spacial score (nSPS) is 22.2. The minimum Gasteiger partial charge on any atom is -0.496 e. The van der Waals surface area contributed by atoms with Gasteiger partial charge in [0.1, 0.15) is 17.5 Å². The first-order valence-corrected chi connectivity index (χ1v) is 14.7. The van der Waals surface area contributed by atoms with Crippen molar-refractivity contribution < 1.29 is 37.0 Å². The topological polar surface area (TPSA) is 98.2 Å². The lowest BCUT2D eigenvalue weighted by molar-refractivity contribution is -0.138. The van der Waals surface area contributed by atoms with E-state index in [1.165, 1.54) is 17.7 Å². The molecule has 14 heteroatoms. The second-order valence-corrected chi connectivity index (χ2v) is 12.1. The number of nitrogens with zero attached hydrogens (tertiary/aromatic N) is 3. The predicted octanol–water partition coefficient (Wildman–Crippen LogP) is 3.59. The number of alkyl halides is 3. The van der Waals surface area contributed by atoms with Crippen LogP contribution in [-0.2, 0) is 31.8 Å². The number of thioether (sulfide) groups is 1. The minimum atomic E-state index is -4.67. The largest absolute Gasteiger partial charge is 0.496 e. The molecule has 3 amide bonds. The van der Waals surface area contributed by atoms with Gasteiger partial charge in [-0.2, -0.15) is 13.2 Å². The molecule has 0 radical (unpaired) electrons. The van der Waals surface area contributed by atoms with Crippen molar-refractivity contribution in [1.82, 2.24) is 9.47 Å². The lowest BCUT2D eigenvalue weighted by atomic mass is 9.82. The van der Waals surface area contributed by atoms with Crippen molar-refractivity contribution >= 4 is 46.5 Å². The van der Waals surface area contributed by atoms with Crippen molar-refractivity contribution in [2.45, 2.75) is 28.9 Å². The zero-order valence-electron chi connectivity index (χ0n) is 22.1. The number of carbonyl (C=O) groups is 3. The van der Waals surface area contributed by atoms with Crippen molar-refractivity contribution in [3.05, 3.63) is 74.2 Å². The van der Waals surface area contributed by atoms with Gasteiger partial charge in [-0.1, -0.05) is 47.4 Å². The van der Waals surface area contributed by atoms with E-state index in [2.05, 4.69) is 0 Å². The van der Waals surface area contributed by atoms with Gasteiger partial charge in [-0.05, 0) is 24.3 Å². The maximum atomic E-state index is 14.0. The minimum absolute atomic E-state index is 0.183. The monoisotopic (exact) mass is 619 g/mol. The Kier molecular flexibility index (Phi) is 7.39. The number of halogens is 3. The summed E-state index contributed by atoms with van der Waals surface area (Å²) in [6.45, 7) is 1.30. The average molecular weight is 620 g/mol. The van der Waals surface area contributed by atoms with Crippen molar-refractivity contribution in [3.8, 4) is 5.75 Å². The highest BCUT2D eigenvalue weighted by Gasteiger charge is 2.57. The van der Waals surface area contributed by atoms with Gasteiger partial charge in [0.2, 0.25) is 17.7 Å². The molecule has 2 aromatic carbocycles. The van der Waals surface area contributed by atoms with Crippen LogP contribution in [0.25, 0.3) is 0 Å². The second-order valence-electron chi connectivity index (χ2n) is 9.96.